The van der Waals surface area contributed by atoms with Crippen LogP contribution in [0, 0.1) is 0 Å². The fraction of sp³-hybridized carbons (Fsp3) is 0.0769. The highest BCUT2D eigenvalue weighted by molar-refractivity contribution is 7.84. The van der Waals surface area contributed by atoms with Crippen LogP contribution >= 0.6 is 0 Å². The van der Waals surface area contributed by atoms with Crippen LogP contribution < -0.4 is 5.73 Å². The van der Waals surface area contributed by atoms with Gasteiger partial charge in [-0.25, -0.2) is 9.19 Å². The summed E-state index contributed by atoms with van der Waals surface area (Å²) in [5, 5.41) is 0.200. The van der Waals surface area contributed by atoms with Gasteiger partial charge in [0.25, 0.3) is 5.22 Å². The molecule has 0 aliphatic heterocycles. The highest BCUT2D eigenvalue weighted by atomic mass is 32.2. The van der Waals surface area contributed by atoms with E-state index in [2.05, 4.69) is 9.97 Å². The number of nitrogens with two attached hydrogens (primary N) is 1. The Morgan fingerprint density at radius 1 is 1.26 bits per heavy atom. The van der Waals surface area contributed by atoms with Gasteiger partial charge in [-0.2, -0.15) is 0 Å². The molecule has 0 bridgehead atoms. The largest absolute Gasteiger partial charge is 0.430 e. The van der Waals surface area contributed by atoms with Crippen molar-refractivity contribution in [3.63, 3.8) is 0 Å². The molecule has 0 amide bonds. The molecule has 1 atom stereocenters. The summed E-state index contributed by atoms with van der Waals surface area (Å²) < 4.78 is 17.6. The summed E-state index contributed by atoms with van der Waals surface area (Å²) in [6.45, 7) is 0. The predicted octanol–water partition coefficient (Wildman–Crippen LogP) is 2.11. The second-order valence-corrected chi connectivity index (χ2v) is 5.35. The number of hydrogen-bond acceptors (Lipinski definition) is 5. The predicted molar refractivity (Wildman–Crippen MR) is 72.8 cm³/mol. The molecule has 0 fully saturated rings. The molecule has 2 N–H and O–H groups in total. The summed E-state index contributed by atoms with van der Waals surface area (Å²) in [7, 11) is -1.35. The van der Waals surface area contributed by atoms with E-state index in [1.807, 2.05) is 18.2 Å². The van der Waals surface area contributed by atoms with Crippen LogP contribution in [-0.2, 0) is 16.6 Å². The first-order valence-corrected chi connectivity index (χ1v) is 6.98. The Hall–Kier alpha value is -2.21. The zero-order valence-electron chi connectivity index (χ0n) is 9.95. The molecule has 0 spiro atoms. The van der Waals surface area contributed by atoms with Gasteiger partial charge in [0.2, 0.25) is 0 Å². The normalized spacial score (nSPS) is 12.6. The van der Waals surface area contributed by atoms with Crippen LogP contribution in [-0.4, -0.2) is 14.2 Å². The smallest absolute Gasteiger partial charge is 0.288 e. The van der Waals surface area contributed by atoms with Crippen molar-refractivity contribution in [3.05, 3.63) is 48.3 Å². The van der Waals surface area contributed by atoms with Crippen molar-refractivity contribution in [1.82, 2.24) is 9.97 Å². The lowest BCUT2D eigenvalue weighted by Gasteiger charge is -1.96. The first kappa shape index (κ1) is 11.9. The number of rotatable bonds is 3. The average Bonchev–Trinajstić information content (AvgIpc) is 2.83. The molecular formula is C13H11N3O2S. The van der Waals surface area contributed by atoms with Gasteiger partial charge in [0.15, 0.2) is 5.58 Å². The summed E-state index contributed by atoms with van der Waals surface area (Å²) in [5.41, 5.74) is 8.18. The molecular weight excluding hydrogens is 262 g/mol. The van der Waals surface area contributed by atoms with Crippen LogP contribution in [0.15, 0.2) is 52.2 Å². The minimum absolute atomic E-state index is 0.200. The van der Waals surface area contributed by atoms with E-state index in [1.54, 1.807) is 24.4 Å². The van der Waals surface area contributed by atoms with Crippen molar-refractivity contribution in [3.8, 4) is 0 Å². The number of nitrogen functional groups attached to an aromatic ring is 1. The second-order valence-electron chi connectivity index (χ2n) is 4.02. The fourth-order valence-electron chi connectivity index (χ4n) is 1.70. The zero-order chi connectivity index (χ0) is 13.2. The molecule has 0 saturated heterocycles. The highest BCUT2D eigenvalue weighted by Gasteiger charge is 2.14. The van der Waals surface area contributed by atoms with Crippen molar-refractivity contribution in [2.45, 2.75) is 11.0 Å². The topological polar surface area (TPSA) is 82.0 Å². The van der Waals surface area contributed by atoms with Gasteiger partial charge in [0.1, 0.15) is 16.3 Å². The van der Waals surface area contributed by atoms with E-state index in [0.29, 0.717) is 16.8 Å². The molecule has 6 heteroatoms. The van der Waals surface area contributed by atoms with E-state index >= 15 is 0 Å². The third-order valence-corrected chi connectivity index (χ3v) is 3.71. The maximum atomic E-state index is 12.2. The fourth-order valence-corrected chi connectivity index (χ4v) is 2.64. The molecule has 3 aromatic rings. The Morgan fingerprint density at radius 2 is 2.16 bits per heavy atom. The maximum Gasteiger partial charge on any atom is 0.288 e. The molecule has 0 saturated carbocycles. The van der Waals surface area contributed by atoms with E-state index in [0.717, 1.165) is 5.69 Å². The highest BCUT2D eigenvalue weighted by Crippen LogP contribution is 2.21. The quantitative estimate of drug-likeness (QED) is 0.739. The lowest BCUT2D eigenvalue weighted by Crippen LogP contribution is -1.98. The van der Waals surface area contributed by atoms with Crippen molar-refractivity contribution < 1.29 is 8.63 Å². The van der Waals surface area contributed by atoms with Crippen molar-refractivity contribution in [2.75, 3.05) is 5.73 Å². The third-order valence-electron chi connectivity index (χ3n) is 2.59. The molecule has 1 unspecified atom stereocenters. The lowest BCUT2D eigenvalue weighted by molar-refractivity contribution is 0.477. The van der Waals surface area contributed by atoms with Gasteiger partial charge in [-0.15, -0.1) is 0 Å². The average molecular weight is 273 g/mol. The molecule has 5 nitrogen and oxygen atoms in total. The van der Waals surface area contributed by atoms with Crippen molar-refractivity contribution in [1.29, 1.82) is 0 Å². The van der Waals surface area contributed by atoms with Gasteiger partial charge < -0.3 is 10.2 Å². The molecule has 0 aliphatic carbocycles. The van der Waals surface area contributed by atoms with Crippen LogP contribution in [0.1, 0.15) is 5.69 Å². The number of oxazole rings is 1. The van der Waals surface area contributed by atoms with E-state index in [1.165, 1.54) is 0 Å². The molecule has 1 aromatic carbocycles. The van der Waals surface area contributed by atoms with E-state index in [4.69, 9.17) is 10.2 Å². The Kier molecular flexibility index (Phi) is 3.00. The number of fused-ring (bicyclic) bond motifs is 1. The maximum absolute atomic E-state index is 12.2. The first-order chi connectivity index (χ1) is 9.22. The SMILES string of the molecule is Nc1ccc2nc(S(=O)Cc3ccccn3)oc2c1. The standard InChI is InChI=1S/C13H11N3O2S/c14-9-4-5-11-12(7-9)18-13(16-11)19(17)8-10-3-1-2-6-15-10/h1-7H,8,14H2. The van der Waals surface area contributed by atoms with Gasteiger partial charge in [-0.05, 0) is 24.3 Å². The minimum Gasteiger partial charge on any atom is -0.430 e. The summed E-state index contributed by atoms with van der Waals surface area (Å²) in [6.07, 6.45) is 1.67. The Morgan fingerprint density at radius 3 is 2.95 bits per heavy atom. The molecule has 3 rings (SSSR count). The van der Waals surface area contributed by atoms with Crippen LogP contribution in [0.25, 0.3) is 11.1 Å². The van der Waals surface area contributed by atoms with Crippen LogP contribution in [0.3, 0.4) is 0 Å². The summed E-state index contributed by atoms with van der Waals surface area (Å²) in [5.74, 6) is 0.281. The van der Waals surface area contributed by atoms with Gasteiger partial charge in [0.05, 0.1) is 11.4 Å². The molecule has 2 heterocycles. The van der Waals surface area contributed by atoms with E-state index in [-0.39, 0.29) is 11.0 Å². The van der Waals surface area contributed by atoms with Crippen LogP contribution in [0.4, 0.5) is 5.69 Å². The zero-order valence-corrected chi connectivity index (χ0v) is 10.8. The number of aromatic nitrogens is 2. The van der Waals surface area contributed by atoms with Crippen molar-refractivity contribution in [2.24, 2.45) is 0 Å². The number of nitrogens with zero attached hydrogens (tertiary/aromatic N) is 2. The molecule has 96 valence electrons. The second kappa shape index (κ2) is 4.81. The van der Waals surface area contributed by atoms with Gasteiger partial charge in [-0.3, -0.25) is 4.98 Å². The summed E-state index contributed by atoms with van der Waals surface area (Å²) in [6, 6.07) is 10.6. The molecule has 19 heavy (non-hydrogen) atoms. The Balaban J connectivity index is 1.89. The van der Waals surface area contributed by atoms with Crippen LogP contribution in [0.5, 0.6) is 0 Å². The summed E-state index contributed by atoms with van der Waals surface area (Å²) >= 11 is 0. The van der Waals surface area contributed by atoms with E-state index < -0.39 is 10.8 Å². The van der Waals surface area contributed by atoms with Crippen molar-refractivity contribution >= 4 is 27.6 Å². The van der Waals surface area contributed by atoms with Gasteiger partial charge >= 0.3 is 0 Å². The first-order valence-electron chi connectivity index (χ1n) is 5.67. The van der Waals surface area contributed by atoms with E-state index in [9.17, 15) is 4.21 Å². The van der Waals surface area contributed by atoms with Gasteiger partial charge in [-0.1, -0.05) is 6.07 Å². The third kappa shape index (κ3) is 2.48. The Labute approximate surface area is 111 Å². The Bertz CT molecular complexity index is 740. The van der Waals surface area contributed by atoms with Gasteiger partial charge in [0, 0.05) is 18.0 Å². The lowest BCUT2D eigenvalue weighted by atomic mass is 10.3. The number of hydrogen-bond donors (Lipinski definition) is 1. The number of pyridine rings is 1. The number of anilines is 1. The molecule has 2 aromatic heterocycles. The molecule has 0 radical (unpaired) electrons. The van der Waals surface area contributed by atoms with Crippen LogP contribution in [0.2, 0.25) is 0 Å². The monoisotopic (exact) mass is 273 g/mol. The number of benzene rings is 1. The molecule has 0 aliphatic rings. The minimum atomic E-state index is -1.35. The summed E-state index contributed by atoms with van der Waals surface area (Å²) in [4.78, 5) is 8.33.